The molecule has 0 aliphatic carbocycles. The van der Waals surface area contributed by atoms with Gasteiger partial charge in [-0.2, -0.15) is 16.8 Å². The Morgan fingerprint density at radius 1 is 0.283 bits per heavy atom. The summed E-state index contributed by atoms with van der Waals surface area (Å²) in [7, 11) is -6.35. The van der Waals surface area contributed by atoms with Crippen LogP contribution in [0.5, 0.6) is 0 Å². The number of thiophene rings is 2. The van der Waals surface area contributed by atoms with Crippen LogP contribution in [0.25, 0.3) is 96.5 Å². The molecule has 27 heteroatoms. The molecule has 0 unspecified atom stereocenters. The lowest BCUT2D eigenvalue weighted by Crippen LogP contribution is -2.51. The molecular weight excluding hydrogens is 1900 g/mol. The number of fused-ring (bicyclic) bond motifs is 9. The summed E-state index contributed by atoms with van der Waals surface area (Å²) in [6.07, 6.45) is 14.2. The molecule has 0 bridgehead atoms. The van der Waals surface area contributed by atoms with Crippen LogP contribution in [0, 0.1) is 41.5 Å². The van der Waals surface area contributed by atoms with Crippen molar-refractivity contribution in [2.75, 3.05) is 169 Å². The van der Waals surface area contributed by atoms with Crippen molar-refractivity contribution < 1.29 is 16.8 Å². The van der Waals surface area contributed by atoms with Gasteiger partial charge in [0.2, 0.25) is 0 Å². The second-order valence-corrected chi connectivity index (χ2v) is 59.8. The van der Waals surface area contributed by atoms with Gasteiger partial charge in [0.05, 0.1) is 11.0 Å². The van der Waals surface area contributed by atoms with E-state index in [9.17, 15) is 16.8 Å². The third kappa shape index (κ3) is 21.3. The Balaban J connectivity index is 0.000000119. The van der Waals surface area contributed by atoms with Crippen LogP contribution in [0.15, 0.2) is 258 Å². The predicted molar refractivity (Wildman–Crippen MR) is 627 cm³/mol. The van der Waals surface area contributed by atoms with Crippen LogP contribution in [0.1, 0.15) is 116 Å². The Morgan fingerprint density at radius 2 is 0.566 bits per heavy atom. The number of H-pyrrole nitrogens is 3. The molecule has 145 heavy (non-hydrogen) atoms. The maximum atomic E-state index is 13.7. The number of hydrogen-bond donors (Lipinski definition) is 6. The van der Waals surface area contributed by atoms with Gasteiger partial charge in [-0.1, -0.05) is 173 Å². The van der Waals surface area contributed by atoms with Gasteiger partial charge >= 0.3 is 0 Å². The minimum atomic E-state index is -3.68. The smallest absolute Gasteiger partial charge is 0.277 e. The first-order valence-corrected chi connectivity index (χ1v) is 61.4. The Labute approximate surface area is 870 Å². The fourth-order valence-corrected chi connectivity index (χ4v) is 43.9. The first-order chi connectivity index (χ1) is 69.7. The summed E-state index contributed by atoms with van der Waals surface area (Å²) in [4.78, 5) is 26.5. The molecule has 18 aromatic rings. The molecule has 5 aliphatic rings. The zero-order valence-electron chi connectivity index (χ0n) is 89.0. The van der Waals surface area contributed by atoms with Gasteiger partial charge in [-0.25, -0.2) is 7.94 Å². The van der Waals surface area contributed by atoms with E-state index >= 15 is 0 Å². The van der Waals surface area contributed by atoms with Crippen molar-refractivity contribution in [2.45, 2.75) is 166 Å². The Kier molecular flexibility index (Phi) is 32.8. The second-order valence-electron chi connectivity index (χ2n) is 42.2. The molecule has 0 saturated carbocycles. The van der Waals surface area contributed by atoms with Gasteiger partial charge in [-0.3, -0.25) is 0 Å². The number of benzene rings is 9. The largest absolute Gasteiger partial charge is 0.373 e. The number of anilines is 5. The maximum Gasteiger partial charge on any atom is 0.277 e. The minimum absolute atomic E-state index is 0.420. The molecule has 5 aliphatic heterocycles. The van der Waals surface area contributed by atoms with Crippen molar-refractivity contribution in [3.05, 3.63) is 283 Å². The molecule has 23 rings (SSSR count). The number of aromatic amines is 3. The average Bonchev–Trinajstić information content (AvgIpc) is 1.62. The van der Waals surface area contributed by atoms with Gasteiger partial charge in [-0.15, -0.1) is 22.7 Å². The van der Waals surface area contributed by atoms with Crippen molar-refractivity contribution >= 4 is 184 Å². The first kappa shape index (κ1) is 105. The molecule has 0 atom stereocenters. The highest BCUT2D eigenvalue weighted by atomic mass is 32.3. The van der Waals surface area contributed by atoms with E-state index in [2.05, 4.69) is 343 Å². The van der Waals surface area contributed by atoms with Crippen LogP contribution < -0.4 is 40.4 Å². The van der Waals surface area contributed by atoms with Crippen LogP contribution in [0.4, 0.5) is 28.4 Å². The second kappa shape index (κ2) is 45.3. The molecule has 5 saturated heterocycles. The molecule has 6 N–H and O–H groups in total. The summed E-state index contributed by atoms with van der Waals surface area (Å²) < 4.78 is 65.7. The van der Waals surface area contributed by atoms with E-state index in [1.807, 2.05) is 107 Å². The van der Waals surface area contributed by atoms with E-state index in [4.69, 9.17) is 0 Å². The molecule has 5 fully saturated rings. The predicted octanol–water partition coefficient (Wildman–Crippen LogP) is 25.6. The van der Waals surface area contributed by atoms with Crippen LogP contribution in [0.3, 0.4) is 0 Å². The van der Waals surface area contributed by atoms with Crippen LogP contribution in [-0.4, -0.2) is 219 Å². The Morgan fingerprint density at radius 3 is 0.924 bits per heavy atom. The summed E-state index contributed by atoms with van der Waals surface area (Å²) in [5.74, 6) is 0. The van der Waals surface area contributed by atoms with Gasteiger partial charge in [0.1, 0.15) is 8.42 Å². The third-order valence-corrected chi connectivity index (χ3v) is 52.2. The van der Waals surface area contributed by atoms with Crippen molar-refractivity contribution in [1.29, 1.82) is 0 Å². The number of nitrogens with zero attached hydrogens (tertiary/aromatic N) is 11. The number of likely N-dealkylation sites (N-methyl/N-ethyl adjacent to an activating group) is 2. The first-order valence-electron chi connectivity index (χ1n) is 52.5. The molecule has 9 aromatic carbocycles. The summed E-state index contributed by atoms with van der Waals surface area (Å²) in [5, 5.41) is 21.1. The lowest BCUT2D eigenvalue weighted by molar-refractivity contribution is 0.313. The minimum Gasteiger partial charge on any atom is -0.373 e. The summed E-state index contributed by atoms with van der Waals surface area (Å²) in [5.41, 5.74) is 25.4. The fourth-order valence-electron chi connectivity index (χ4n) is 24.4. The highest BCUT2D eigenvalue weighted by Crippen LogP contribution is 2.49. The monoisotopic (exact) mass is 2060 g/mol. The molecule has 766 valence electrons. The average molecular weight is 2060 g/mol. The van der Waals surface area contributed by atoms with Gasteiger partial charge in [0.25, 0.3) is 20.0 Å². The molecule has 0 spiro atoms. The van der Waals surface area contributed by atoms with Gasteiger partial charge < -0.3 is 73.7 Å². The lowest BCUT2D eigenvalue weighted by atomic mass is 10.1. The fraction of sp³-hybridized carbons (Fsp3) is 0.390. The molecular formula is C118H153N17O4S4Si2. The molecule has 0 amide bonds. The number of aromatic nitrogens is 7. The molecule has 21 nitrogen and oxygen atoms in total. The van der Waals surface area contributed by atoms with Gasteiger partial charge in [0, 0.05) is 265 Å². The van der Waals surface area contributed by atoms with E-state index in [0.29, 0.717) is 25.0 Å². The summed E-state index contributed by atoms with van der Waals surface area (Å²) in [6.45, 7) is 62.4. The maximum absolute atomic E-state index is 13.7. The molecule has 9 aromatic heterocycles. The van der Waals surface area contributed by atoms with Crippen molar-refractivity contribution in [1.82, 2.24) is 57.1 Å². The number of nitrogens with one attached hydrogen (secondary N) is 6. The zero-order chi connectivity index (χ0) is 103. The van der Waals surface area contributed by atoms with E-state index < -0.39 is 36.5 Å². The Bertz CT molecular complexity index is 7680. The van der Waals surface area contributed by atoms with Gasteiger partial charge in [0.15, 0.2) is 16.5 Å². The SMILES string of the molecule is CC(C)[Si](C(C)C)(C(C)C)n1ccc2c(N3CCNCC3)cccc21.CN1CCN(c2cccc3[nH]ccc23)CC1.Cc1ccc2sc(S(=O)(=O)n3ccc4c(N5CCN(C)CC5)cccc43)c(C)c2c1.Cc1ccc2sc(S(=O)(=O)n3ccc4c(N5CCNCC5)cccc43)c(C)c2c1.Cc1cccc2[nH]ccc12.Cc1cccc2c1ccn2[Si](C(C)C)(C(C)C)C(C)C.c1cc(N2CCNCC2)c2cc[nH]c2c1. The van der Waals surface area contributed by atoms with Crippen LogP contribution in [0.2, 0.25) is 33.2 Å². The normalized spacial score (nSPS) is 15.6. The molecule has 0 radical (unpaired) electrons. The number of rotatable bonds is 17. The standard InChI is InChI=1S/C23H25N3O2S2.C22H23N3O2S2.C21H35N3Si.C18H29NSi.C13H17N3.C12H15N3.C9H9N/c1-16-7-8-22-19(15-16)17(2)23(29-22)30(27,28)26-10-9-18-20(5-4-6-21(18)26)25-13-11-24(3)12-14-25;1-15-6-7-21-18(14-15)16(2)22(28-21)29(26,27)25-11-8-17-19(4-3-5-20(17)25)24-12-9-23-10-13-24;1-16(2)25(17(3)4,18(5)6)24-13-10-19-20(8-7-9-21(19)24)23-14-11-22-12-15-23;1-13(2)20(14(3)4,15(5)6)19-12-11-17-16(7)9-8-10-18(17)19;1-15-7-9-16(10-8-15)13-4-2-3-12-11(13)5-6-14-12;1-2-11-10(4-5-14-11)12(3-1)15-8-6-13-7-9-15;1-7-3-2-4-9-8(7)5-6-10-9/h4-10,15H,11-14H2,1-3H3;3-8,11,14,23H,9-10,12-13H2,1-2H3;7-10,13,16-18,22H,11-12,14-15H2,1-6H3;8-15H,1-7H3;2-6,14H,7-10H2,1H3;1-5,13-14H,6-9H2;2-6,10H,1H3. The van der Waals surface area contributed by atoms with Crippen molar-refractivity contribution in [2.24, 2.45) is 0 Å². The Hall–Kier alpha value is -11.2. The van der Waals surface area contributed by atoms with Crippen molar-refractivity contribution in [3.8, 4) is 0 Å². The molecule has 14 heterocycles. The topological polar surface area (TPSA) is 194 Å². The number of hydrogen-bond acceptors (Lipinski definition) is 16. The van der Waals surface area contributed by atoms with Crippen LogP contribution >= 0.6 is 22.7 Å². The number of aryl methyl sites for hydroxylation is 6. The van der Waals surface area contributed by atoms with Gasteiger partial charge in [-0.05, 0) is 262 Å². The summed E-state index contributed by atoms with van der Waals surface area (Å²) >= 11 is 2.71. The number of piperazine rings is 5. The van der Waals surface area contributed by atoms with E-state index in [-0.39, 0.29) is 0 Å². The van der Waals surface area contributed by atoms with E-state index in [0.717, 1.165) is 223 Å². The summed E-state index contributed by atoms with van der Waals surface area (Å²) in [6, 6.07) is 71.9. The quantitative estimate of drug-likeness (QED) is 0.0472. The van der Waals surface area contributed by atoms with E-state index in [1.54, 1.807) is 12.4 Å². The zero-order valence-corrected chi connectivity index (χ0v) is 94.2. The van der Waals surface area contributed by atoms with E-state index in [1.165, 1.54) is 113 Å². The highest BCUT2D eigenvalue weighted by Gasteiger charge is 2.47. The van der Waals surface area contributed by atoms with Crippen molar-refractivity contribution in [3.63, 3.8) is 0 Å². The van der Waals surface area contributed by atoms with Crippen LogP contribution in [-0.2, 0) is 20.0 Å². The lowest BCUT2D eigenvalue weighted by Gasteiger charge is -2.44. The third-order valence-electron chi connectivity index (χ3n) is 31.5. The highest BCUT2D eigenvalue weighted by molar-refractivity contribution is 7.92.